The van der Waals surface area contributed by atoms with Crippen LogP contribution in [0, 0.1) is 5.92 Å². The molecule has 0 saturated carbocycles. The van der Waals surface area contributed by atoms with Crippen molar-refractivity contribution in [2.24, 2.45) is 5.92 Å². The van der Waals surface area contributed by atoms with Crippen LogP contribution >= 0.6 is 0 Å². The van der Waals surface area contributed by atoms with Crippen LogP contribution in [0.4, 0.5) is 32.2 Å². The Bertz CT molecular complexity index is 1250. The number of rotatable bonds is 11. The van der Waals surface area contributed by atoms with Crippen molar-refractivity contribution in [3.05, 3.63) is 22.7 Å². The number of carbonyl (C=O) groups excluding carboxylic acids is 1. The predicted molar refractivity (Wildman–Crippen MR) is 162 cm³/mol. The van der Waals surface area contributed by atoms with Crippen molar-refractivity contribution >= 4 is 28.8 Å². The summed E-state index contributed by atoms with van der Waals surface area (Å²) in [4.78, 5) is 28.5. The van der Waals surface area contributed by atoms with Crippen molar-refractivity contribution in [1.29, 1.82) is 0 Å². The van der Waals surface area contributed by atoms with Crippen molar-refractivity contribution in [3.63, 3.8) is 0 Å². The average Bonchev–Trinajstić information content (AvgIpc) is 3.21. The molecule has 0 spiro atoms. The molecule has 47 heavy (non-hydrogen) atoms. The molecule has 11 nitrogen and oxygen atoms in total. The van der Waals surface area contributed by atoms with Gasteiger partial charge in [-0.1, -0.05) is 55.4 Å². The first-order valence-electron chi connectivity index (χ1n) is 15.4. The van der Waals surface area contributed by atoms with Crippen molar-refractivity contribution in [2.75, 3.05) is 25.3 Å². The van der Waals surface area contributed by atoms with Gasteiger partial charge in [-0.2, -0.15) is 31.3 Å². The molecular formula is C28H45F6N3O8Si2. The van der Waals surface area contributed by atoms with Gasteiger partial charge >= 0.3 is 35.2 Å². The van der Waals surface area contributed by atoms with E-state index in [1.54, 1.807) is 0 Å². The first kappa shape index (κ1) is 39.6. The van der Waals surface area contributed by atoms with Gasteiger partial charge in [0.15, 0.2) is 12.1 Å². The van der Waals surface area contributed by atoms with Crippen molar-refractivity contribution in [1.82, 2.24) is 9.55 Å². The van der Waals surface area contributed by atoms with Gasteiger partial charge in [0, 0.05) is 13.1 Å². The second kappa shape index (κ2) is 14.9. The monoisotopic (exact) mass is 721 g/mol. The Morgan fingerprint density at radius 3 is 2.02 bits per heavy atom. The molecule has 0 aromatic carbocycles. The molecule has 0 aliphatic carbocycles. The third-order valence-electron chi connectivity index (χ3n) is 8.44. The second-order valence-electron chi connectivity index (χ2n) is 13.1. The quantitative estimate of drug-likeness (QED) is 0.124. The fourth-order valence-electron chi connectivity index (χ4n) is 6.05. The molecule has 1 aromatic heterocycles. The van der Waals surface area contributed by atoms with E-state index in [1.165, 1.54) is 19.2 Å². The van der Waals surface area contributed by atoms with Crippen LogP contribution in [-0.2, 0) is 32.0 Å². The second-order valence-corrected chi connectivity index (χ2v) is 21.9. The average molecular weight is 722 g/mol. The Balaban J connectivity index is 2.07. The van der Waals surface area contributed by atoms with Gasteiger partial charge in [-0.05, 0) is 28.2 Å². The highest BCUT2D eigenvalue weighted by Gasteiger charge is 2.62. The lowest BCUT2D eigenvalue weighted by Gasteiger charge is -2.51. The van der Waals surface area contributed by atoms with Gasteiger partial charge in [0.25, 0.3) is 0 Å². The van der Waals surface area contributed by atoms with Crippen LogP contribution < -0.4 is 11.0 Å². The van der Waals surface area contributed by atoms with E-state index in [9.17, 15) is 35.9 Å². The van der Waals surface area contributed by atoms with Gasteiger partial charge in [0.05, 0.1) is 13.2 Å². The third kappa shape index (κ3) is 8.65. The largest absolute Gasteiger partial charge is 0.414 e. The zero-order chi connectivity index (χ0) is 35.7. The fraction of sp³-hybridized carbons (Fsp3) is 0.821. The molecule has 2 fully saturated rings. The van der Waals surface area contributed by atoms with E-state index in [-0.39, 0.29) is 34.6 Å². The number of alkyl halides is 6. The molecule has 0 radical (unpaired) electrons. The highest BCUT2D eigenvalue weighted by Crippen LogP contribution is 2.49. The zero-order valence-electron chi connectivity index (χ0n) is 27.9. The van der Waals surface area contributed by atoms with Gasteiger partial charge in [0.2, 0.25) is 5.91 Å². The molecule has 2 aliphatic rings. The molecule has 2 saturated heterocycles. The van der Waals surface area contributed by atoms with E-state index >= 15 is 0 Å². The first-order valence-corrected chi connectivity index (χ1v) is 19.4. The Labute approximate surface area is 272 Å². The van der Waals surface area contributed by atoms with Crippen LogP contribution in [-0.4, -0.2) is 83.3 Å². The van der Waals surface area contributed by atoms with Gasteiger partial charge in [-0.15, -0.1) is 0 Å². The molecule has 270 valence electrons. The molecule has 1 N–H and O–H groups in total. The molecule has 3 heterocycles. The highest BCUT2D eigenvalue weighted by atomic mass is 28.5. The molecule has 1 unspecified atom stereocenters. The number of hydrogen-bond acceptors (Lipinski definition) is 9. The summed E-state index contributed by atoms with van der Waals surface area (Å²) in [5.74, 6) is -4.25. The zero-order valence-corrected chi connectivity index (χ0v) is 29.9. The van der Waals surface area contributed by atoms with E-state index in [4.69, 9.17) is 27.2 Å². The van der Waals surface area contributed by atoms with Gasteiger partial charge in [-0.25, -0.2) is 4.79 Å². The van der Waals surface area contributed by atoms with Crippen LogP contribution in [0.1, 0.15) is 68.5 Å². The minimum Gasteiger partial charge on any atom is -0.414 e. The number of fused-ring (bicyclic) bond motifs is 1. The smallest absolute Gasteiger partial charge is 0.402 e. The molecule has 3 rings (SSSR count). The van der Waals surface area contributed by atoms with E-state index < -0.39 is 84.9 Å². The lowest BCUT2D eigenvalue weighted by Crippen LogP contribution is -2.66. The summed E-state index contributed by atoms with van der Waals surface area (Å²) in [6.07, 6.45) is -14.4. The maximum atomic E-state index is 13.2. The minimum atomic E-state index is -5.60. The summed E-state index contributed by atoms with van der Waals surface area (Å²) in [7, 11) is -6.33. The maximum absolute atomic E-state index is 13.2. The number of nitrogens with zero attached hydrogens (tertiary/aromatic N) is 2. The standard InChI is InChI=1S/C28H45F6N3O8Si2/c1-15(2)46(16(3)4)42-12-20-23(44-47(45-46,17(5)6)18(7)8)24(41-14-40-13-21(27(29,30)31)28(32,33)34)25(43-20)37-11-10-22(35-19(9)38)36-26(37)39/h10-11,15-18,20-21,23-25H,12-14H2,1-9H3,(H,35,36,38,39)/t20-,23-,24?,25+/m0/s1. The third-order valence-corrected chi connectivity index (χ3v) is 18.7. The number of halogens is 6. The van der Waals surface area contributed by atoms with Crippen LogP contribution in [0.2, 0.25) is 22.2 Å². The van der Waals surface area contributed by atoms with E-state index in [0.29, 0.717) is 0 Å². The van der Waals surface area contributed by atoms with Gasteiger partial charge in [0.1, 0.15) is 30.9 Å². The normalized spacial score (nSPS) is 25.0. The molecule has 19 heteroatoms. The molecule has 4 atom stereocenters. The summed E-state index contributed by atoms with van der Waals surface area (Å²) in [5, 5.41) is 2.39. The number of amides is 1. The van der Waals surface area contributed by atoms with E-state index in [2.05, 4.69) is 10.3 Å². The minimum absolute atomic E-state index is 0.00646. The van der Waals surface area contributed by atoms with Crippen molar-refractivity contribution in [2.45, 2.75) is 121 Å². The molecular weight excluding hydrogens is 676 g/mol. The van der Waals surface area contributed by atoms with Gasteiger partial charge < -0.3 is 32.5 Å². The van der Waals surface area contributed by atoms with E-state index in [1.807, 2.05) is 55.4 Å². The summed E-state index contributed by atoms with van der Waals surface area (Å²) in [6, 6.07) is 1.33. The molecule has 1 aromatic rings. The lowest BCUT2D eigenvalue weighted by molar-refractivity contribution is -0.299. The van der Waals surface area contributed by atoms with E-state index in [0.717, 1.165) is 4.57 Å². The predicted octanol–water partition coefficient (Wildman–Crippen LogP) is 6.16. The Morgan fingerprint density at radius 1 is 1.00 bits per heavy atom. The Hall–Kier alpha value is -1.88. The number of hydrogen-bond donors (Lipinski definition) is 1. The summed E-state index contributed by atoms with van der Waals surface area (Å²) < 4.78 is 118. The number of nitrogens with one attached hydrogen (secondary N) is 1. The summed E-state index contributed by atoms with van der Waals surface area (Å²) in [6.45, 7) is 14.3. The van der Waals surface area contributed by atoms with Crippen LogP contribution in [0.15, 0.2) is 17.1 Å². The van der Waals surface area contributed by atoms with Gasteiger partial charge in [-0.3, -0.25) is 9.36 Å². The lowest BCUT2D eigenvalue weighted by atomic mass is 10.1. The van der Waals surface area contributed by atoms with Crippen LogP contribution in [0.5, 0.6) is 0 Å². The van der Waals surface area contributed by atoms with Crippen LogP contribution in [0.25, 0.3) is 0 Å². The van der Waals surface area contributed by atoms with Crippen molar-refractivity contribution in [3.8, 4) is 0 Å². The molecule has 0 bridgehead atoms. The number of aromatic nitrogens is 2. The first-order chi connectivity index (χ1) is 21.6. The highest BCUT2D eigenvalue weighted by molar-refractivity contribution is 6.84. The van der Waals surface area contributed by atoms with Crippen LogP contribution in [0.3, 0.4) is 0 Å². The Kier molecular flexibility index (Phi) is 12.6. The summed E-state index contributed by atoms with van der Waals surface area (Å²) in [5.41, 5.74) is -1.18. The SMILES string of the molecule is CC(=O)Nc1ccn([C@@H]2O[C@H]3CO[Si](C(C)C)(C(C)C)O[Si](C(C)C)(C(C)C)O[C@@H]3C2OCOCC(C(F)(F)F)C(F)(F)F)c(=O)n1. The topological polar surface area (TPSA) is 119 Å². The number of ether oxygens (including phenoxy) is 3. The van der Waals surface area contributed by atoms with Crippen molar-refractivity contribution < 1.29 is 58.3 Å². The Morgan fingerprint density at radius 2 is 1.55 bits per heavy atom. The molecule has 2 aliphatic heterocycles. The molecule has 1 amide bonds. The fourth-order valence-corrected chi connectivity index (χ4v) is 17.3. The number of anilines is 1. The summed E-state index contributed by atoms with van der Waals surface area (Å²) >= 11 is 0. The maximum Gasteiger partial charge on any atom is 0.402 e. The number of carbonyl (C=O) groups is 1.